The molecule has 0 radical (unpaired) electrons. The molecule has 1 fully saturated rings. The summed E-state index contributed by atoms with van der Waals surface area (Å²) in [6, 6.07) is 0. The molecule has 1 aliphatic heterocycles. The van der Waals surface area contributed by atoms with Gasteiger partial charge in [0.1, 0.15) is 0 Å². The van der Waals surface area contributed by atoms with Crippen LogP contribution in [0.4, 0.5) is 0 Å². The standard InChI is InChI=1S/C7H15N5O/c1-7(2-3-13-4-7)12-6(10)11-5(8)9/h2-4H2,1H3,(H6,8,9,10,11,12). The summed E-state index contributed by atoms with van der Waals surface area (Å²) in [5, 5.41) is 0. The average molecular weight is 185 g/mol. The van der Waals surface area contributed by atoms with Crippen molar-refractivity contribution in [3.63, 3.8) is 0 Å². The highest BCUT2D eigenvalue weighted by Crippen LogP contribution is 2.21. The third-order valence-corrected chi connectivity index (χ3v) is 1.83. The first kappa shape index (κ1) is 9.79. The number of hydrogen-bond acceptors (Lipinski definition) is 2. The molecule has 0 aromatic carbocycles. The van der Waals surface area contributed by atoms with E-state index < -0.39 is 0 Å². The largest absolute Gasteiger partial charge is 0.379 e. The average Bonchev–Trinajstić information content (AvgIpc) is 2.33. The van der Waals surface area contributed by atoms with Crippen LogP contribution in [0.5, 0.6) is 0 Å². The van der Waals surface area contributed by atoms with Gasteiger partial charge in [-0.15, -0.1) is 0 Å². The Hall–Kier alpha value is -1.30. The Morgan fingerprint density at radius 3 is 2.54 bits per heavy atom. The van der Waals surface area contributed by atoms with E-state index in [0.29, 0.717) is 13.2 Å². The van der Waals surface area contributed by atoms with Crippen LogP contribution in [0, 0.1) is 0 Å². The summed E-state index contributed by atoms with van der Waals surface area (Å²) in [6.07, 6.45) is 0.841. The van der Waals surface area contributed by atoms with Crippen molar-refractivity contribution in [3.8, 4) is 0 Å². The van der Waals surface area contributed by atoms with Gasteiger partial charge in [0.15, 0.2) is 5.96 Å². The molecule has 1 rings (SSSR count). The number of aliphatic imine (C=N–C) groups is 2. The number of guanidine groups is 2. The second kappa shape index (κ2) is 3.61. The highest BCUT2D eigenvalue weighted by molar-refractivity contribution is 5.92. The molecule has 1 aliphatic rings. The van der Waals surface area contributed by atoms with Gasteiger partial charge < -0.3 is 21.9 Å². The molecule has 0 aromatic heterocycles. The van der Waals surface area contributed by atoms with Gasteiger partial charge in [0.2, 0.25) is 5.96 Å². The van der Waals surface area contributed by atoms with Gasteiger partial charge in [-0.05, 0) is 13.3 Å². The Morgan fingerprint density at radius 2 is 2.08 bits per heavy atom. The molecule has 6 heteroatoms. The lowest BCUT2D eigenvalue weighted by molar-refractivity contribution is 0.182. The van der Waals surface area contributed by atoms with E-state index in [1.54, 1.807) is 0 Å². The van der Waals surface area contributed by atoms with Crippen molar-refractivity contribution < 1.29 is 4.74 Å². The van der Waals surface area contributed by atoms with Gasteiger partial charge >= 0.3 is 0 Å². The van der Waals surface area contributed by atoms with Gasteiger partial charge in [-0.3, -0.25) is 0 Å². The molecule has 13 heavy (non-hydrogen) atoms. The van der Waals surface area contributed by atoms with Crippen LogP contribution in [0.1, 0.15) is 13.3 Å². The third kappa shape index (κ3) is 2.90. The molecule has 1 atom stereocenters. The summed E-state index contributed by atoms with van der Waals surface area (Å²) in [5.41, 5.74) is 15.5. The van der Waals surface area contributed by atoms with Gasteiger partial charge in [0.05, 0.1) is 12.1 Å². The molecule has 74 valence electrons. The monoisotopic (exact) mass is 185 g/mol. The second-order valence-corrected chi connectivity index (χ2v) is 3.31. The Balaban J connectivity index is 2.68. The van der Waals surface area contributed by atoms with E-state index in [-0.39, 0.29) is 17.5 Å². The van der Waals surface area contributed by atoms with E-state index in [0.717, 1.165) is 6.42 Å². The van der Waals surface area contributed by atoms with E-state index in [9.17, 15) is 0 Å². The maximum absolute atomic E-state index is 5.49. The lowest BCUT2D eigenvalue weighted by Crippen LogP contribution is -2.30. The molecular weight excluding hydrogens is 170 g/mol. The summed E-state index contributed by atoms with van der Waals surface area (Å²) in [4.78, 5) is 7.80. The molecule has 0 saturated carbocycles. The highest BCUT2D eigenvalue weighted by atomic mass is 16.5. The van der Waals surface area contributed by atoms with E-state index in [4.69, 9.17) is 21.9 Å². The first-order chi connectivity index (χ1) is 6.02. The van der Waals surface area contributed by atoms with Gasteiger partial charge in [0, 0.05) is 6.61 Å². The molecule has 0 amide bonds. The third-order valence-electron chi connectivity index (χ3n) is 1.83. The van der Waals surface area contributed by atoms with Crippen LogP contribution in [0.3, 0.4) is 0 Å². The van der Waals surface area contributed by atoms with Crippen LogP contribution in [0.25, 0.3) is 0 Å². The number of nitrogens with two attached hydrogens (primary N) is 3. The molecule has 0 aromatic rings. The molecule has 1 unspecified atom stereocenters. The van der Waals surface area contributed by atoms with Crippen molar-refractivity contribution in [2.45, 2.75) is 18.9 Å². The quantitative estimate of drug-likeness (QED) is 0.350. The van der Waals surface area contributed by atoms with Crippen LogP contribution in [0.2, 0.25) is 0 Å². The fourth-order valence-corrected chi connectivity index (χ4v) is 1.18. The van der Waals surface area contributed by atoms with E-state index in [2.05, 4.69) is 9.98 Å². The Kier molecular flexibility index (Phi) is 2.72. The van der Waals surface area contributed by atoms with Gasteiger partial charge in [-0.2, -0.15) is 4.99 Å². The molecule has 0 spiro atoms. The van der Waals surface area contributed by atoms with Crippen molar-refractivity contribution in [1.29, 1.82) is 0 Å². The zero-order chi connectivity index (χ0) is 9.90. The topological polar surface area (TPSA) is 112 Å². The van der Waals surface area contributed by atoms with Crippen LogP contribution in [0.15, 0.2) is 9.98 Å². The summed E-state index contributed by atoms with van der Waals surface area (Å²) >= 11 is 0. The fourth-order valence-electron chi connectivity index (χ4n) is 1.18. The SMILES string of the molecule is CC1(N=C(N)N=C(N)N)CCOC1. The van der Waals surface area contributed by atoms with E-state index in [1.807, 2.05) is 6.92 Å². The van der Waals surface area contributed by atoms with Crippen molar-refractivity contribution in [1.82, 2.24) is 0 Å². The fraction of sp³-hybridized carbons (Fsp3) is 0.714. The first-order valence-electron chi connectivity index (χ1n) is 4.04. The minimum atomic E-state index is -0.275. The highest BCUT2D eigenvalue weighted by Gasteiger charge is 2.29. The number of hydrogen-bond donors (Lipinski definition) is 3. The van der Waals surface area contributed by atoms with E-state index in [1.165, 1.54) is 0 Å². The molecule has 6 N–H and O–H groups in total. The number of ether oxygens (including phenoxy) is 1. The van der Waals surface area contributed by atoms with Crippen LogP contribution >= 0.6 is 0 Å². The molecule has 1 saturated heterocycles. The Bertz CT molecular complexity index is 237. The van der Waals surface area contributed by atoms with Crippen molar-refractivity contribution in [3.05, 3.63) is 0 Å². The zero-order valence-electron chi connectivity index (χ0n) is 7.66. The van der Waals surface area contributed by atoms with Crippen LogP contribution < -0.4 is 17.2 Å². The summed E-state index contributed by atoms with van der Waals surface area (Å²) in [7, 11) is 0. The van der Waals surface area contributed by atoms with E-state index >= 15 is 0 Å². The van der Waals surface area contributed by atoms with Crippen molar-refractivity contribution in [2.24, 2.45) is 27.2 Å². The summed E-state index contributed by atoms with van der Waals surface area (Å²) < 4.78 is 5.19. The normalized spacial score (nSPS) is 28.8. The van der Waals surface area contributed by atoms with Crippen LogP contribution in [-0.4, -0.2) is 30.7 Å². The lowest BCUT2D eigenvalue weighted by atomic mass is 10.0. The summed E-state index contributed by atoms with van der Waals surface area (Å²) in [5.74, 6) is 0.0248. The van der Waals surface area contributed by atoms with Crippen LogP contribution in [-0.2, 0) is 4.74 Å². The molecule has 0 bridgehead atoms. The first-order valence-corrected chi connectivity index (χ1v) is 4.04. The zero-order valence-corrected chi connectivity index (χ0v) is 7.66. The predicted molar refractivity (Wildman–Crippen MR) is 51.3 cm³/mol. The van der Waals surface area contributed by atoms with Gasteiger partial charge in [0.25, 0.3) is 0 Å². The number of nitrogens with zero attached hydrogens (tertiary/aromatic N) is 2. The van der Waals surface area contributed by atoms with Gasteiger partial charge in [-0.25, -0.2) is 4.99 Å². The maximum Gasteiger partial charge on any atom is 0.219 e. The molecule has 0 aliphatic carbocycles. The number of rotatable bonds is 1. The molecule has 6 nitrogen and oxygen atoms in total. The smallest absolute Gasteiger partial charge is 0.219 e. The summed E-state index contributed by atoms with van der Waals surface area (Å²) in [6.45, 7) is 3.22. The lowest BCUT2D eigenvalue weighted by Gasteiger charge is -2.15. The van der Waals surface area contributed by atoms with Crippen molar-refractivity contribution >= 4 is 11.9 Å². The Labute approximate surface area is 76.8 Å². The Morgan fingerprint density at radius 1 is 1.38 bits per heavy atom. The predicted octanol–water partition coefficient (Wildman–Crippen LogP) is -1.25. The second-order valence-electron chi connectivity index (χ2n) is 3.31. The van der Waals surface area contributed by atoms with Gasteiger partial charge in [-0.1, -0.05) is 0 Å². The minimum absolute atomic E-state index is 0.0798. The maximum atomic E-state index is 5.49. The molecular formula is C7H15N5O. The molecule has 1 heterocycles. The van der Waals surface area contributed by atoms with Crippen molar-refractivity contribution in [2.75, 3.05) is 13.2 Å². The minimum Gasteiger partial charge on any atom is -0.379 e.